The van der Waals surface area contributed by atoms with Crippen LogP contribution in [0.2, 0.25) is 0 Å². The molecule has 0 aliphatic carbocycles. The van der Waals surface area contributed by atoms with Crippen molar-refractivity contribution in [3.63, 3.8) is 0 Å². The first-order valence-electron chi connectivity index (χ1n) is 6.43. The van der Waals surface area contributed by atoms with E-state index in [0.29, 0.717) is 6.42 Å². The minimum atomic E-state index is -1.53. The summed E-state index contributed by atoms with van der Waals surface area (Å²) in [7, 11) is 0. The molecule has 0 saturated heterocycles. The van der Waals surface area contributed by atoms with Crippen molar-refractivity contribution in [2.75, 3.05) is 0 Å². The summed E-state index contributed by atoms with van der Waals surface area (Å²) in [5, 5.41) is 9.36. The van der Waals surface area contributed by atoms with E-state index in [1.807, 2.05) is 20.8 Å². The van der Waals surface area contributed by atoms with Gasteiger partial charge in [0.05, 0.1) is 0 Å². The number of rotatable bonds is 5. The van der Waals surface area contributed by atoms with Crippen LogP contribution in [0.15, 0.2) is 0 Å². The van der Waals surface area contributed by atoms with Gasteiger partial charge in [-0.15, -0.1) is 0 Å². The first-order chi connectivity index (χ1) is 7.98. The van der Waals surface area contributed by atoms with E-state index in [1.54, 1.807) is 20.8 Å². The predicted octanol–water partition coefficient (Wildman–Crippen LogP) is 3.10. The Morgan fingerprint density at radius 3 is 1.83 bits per heavy atom. The lowest BCUT2D eigenvalue weighted by Gasteiger charge is -2.37. The molecule has 0 bridgehead atoms. The molecule has 4 nitrogen and oxygen atoms in total. The van der Waals surface area contributed by atoms with Crippen LogP contribution in [-0.2, 0) is 14.3 Å². The molecule has 2 atom stereocenters. The third-order valence-corrected chi connectivity index (χ3v) is 3.74. The highest BCUT2D eigenvalue weighted by atomic mass is 16.5. The van der Waals surface area contributed by atoms with Crippen LogP contribution in [-0.4, -0.2) is 23.1 Å². The van der Waals surface area contributed by atoms with Gasteiger partial charge in [0.1, 0.15) is 6.10 Å². The van der Waals surface area contributed by atoms with Crippen molar-refractivity contribution >= 4 is 11.9 Å². The van der Waals surface area contributed by atoms with Crippen LogP contribution in [0.1, 0.15) is 54.9 Å². The molecule has 0 aromatic rings. The van der Waals surface area contributed by atoms with Crippen LogP contribution in [0.4, 0.5) is 0 Å². The Balaban J connectivity index is 5.20. The summed E-state index contributed by atoms with van der Waals surface area (Å²) in [4.78, 5) is 23.7. The lowest BCUT2D eigenvalue weighted by molar-refractivity contribution is -0.181. The first kappa shape index (κ1) is 16.9. The lowest BCUT2D eigenvalue weighted by atomic mass is 9.68. The maximum Gasteiger partial charge on any atom is 0.324 e. The largest absolute Gasteiger partial charge is 0.480 e. The number of hydrogen-bond donors (Lipinski definition) is 1. The van der Waals surface area contributed by atoms with E-state index in [9.17, 15) is 14.7 Å². The molecule has 0 heterocycles. The number of carboxylic acids is 1. The number of ether oxygens (including phenoxy) is 1. The molecule has 0 aromatic carbocycles. The monoisotopic (exact) mass is 258 g/mol. The highest BCUT2D eigenvalue weighted by Crippen LogP contribution is 2.40. The van der Waals surface area contributed by atoms with Crippen LogP contribution in [0.5, 0.6) is 0 Å². The fraction of sp³-hybridized carbons (Fsp3) is 0.857. The number of carbonyl (C=O) groups excluding carboxylic acids is 1. The Morgan fingerprint density at radius 2 is 1.61 bits per heavy atom. The normalized spacial score (nSPS) is 17.1. The van der Waals surface area contributed by atoms with Crippen molar-refractivity contribution < 1.29 is 19.4 Å². The van der Waals surface area contributed by atoms with Crippen molar-refractivity contribution in [2.45, 2.75) is 61.0 Å². The van der Waals surface area contributed by atoms with Gasteiger partial charge < -0.3 is 9.84 Å². The SMILES string of the molecule is CCC(OC(=O)C(C)(C(=O)O)C(C)(C)C)C(C)C. The van der Waals surface area contributed by atoms with Gasteiger partial charge in [0, 0.05) is 0 Å². The molecule has 0 spiro atoms. The van der Waals surface area contributed by atoms with Crippen LogP contribution < -0.4 is 0 Å². The number of carbonyl (C=O) groups is 2. The molecular formula is C14H26O4. The molecule has 4 heteroatoms. The fourth-order valence-corrected chi connectivity index (χ4v) is 1.66. The van der Waals surface area contributed by atoms with Crippen LogP contribution in [0.3, 0.4) is 0 Å². The zero-order valence-corrected chi connectivity index (χ0v) is 12.5. The Hall–Kier alpha value is -1.06. The summed E-state index contributed by atoms with van der Waals surface area (Å²) in [6.45, 7) is 12.5. The van der Waals surface area contributed by atoms with Crippen molar-refractivity contribution in [3.8, 4) is 0 Å². The number of aliphatic carboxylic acids is 1. The van der Waals surface area contributed by atoms with E-state index >= 15 is 0 Å². The molecule has 2 unspecified atom stereocenters. The maximum absolute atomic E-state index is 12.2. The smallest absolute Gasteiger partial charge is 0.324 e. The molecule has 0 aliphatic heterocycles. The Kier molecular flexibility index (Phi) is 5.38. The predicted molar refractivity (Wildman–Crippen MR) is 70.2 cm³/mol. The zero-order valence-electron chi connectivity index (χ0n) is 12.5. The molecule has 106 valence electrons. The molecule has 0 radical (unpaired) electrons. The fourth-order valence-electron chi connectivity index (χ4n) is 1.66. The second kappa shape index (κ2) is 5.72. The van der Waals surface area contributed by atoms with E-state index in [1.165, 1.54) is 6.92 Å². The molecule has 0 saturated carbocycles. The van der Waals surface area contributed by atoms with Gasteiger partial charge in [-0.1, -0.05) is 41.5 Å². The number of carboxylic acid groups (broad SMARTS) is 1. The second-order valence-electron chi connectivity index (χ2n) is 6.28. The molecule has 0 amide bonds. The van der Waals surface area contributed by atoms with E-state index in [2.05, 4.69) is 0 Å². The summed E-state index contributed by atoms with van der Waals surface area (Å²) in [6.07, 6.45) is 0.446. The van der Waals surface area contributed by atoms with Crippen molar-refractivity contribution in [3.05, 3.63) is 0 Å². The second-order valence-corrected chi connectivity index (χ2v) is 6.28. The summed E-state index contributed by atoms with van der Waals surface area (Å²) in [5.41, 5.74) is -2.24. The lowest BCUT2D eigenvalue weighted by Crippen LogP contribution is -2.49. The number of esters is 1. The van der Waals surface area contributed by atoms with E-state index in [4.69, 9.17) is 4.74 Å². The molecule has 18 heavy (non-hydrogen) atoms. The van der Waals surface area contributed by atoms with Gasteiger partial charge in [0.15, 0.2) is 5.41 Å². The molecule has 0 rings (SSSR count). The van der Waals surface area contributed by atoms with E-state index in [-0.39, 0.29) is 12.0 Å². The maximum atomic E-state index is 12.2. The molecule has 0 aliphatic rings. The Bertz CT molecular complexity index is 314. The van der Waals surface area contributed by atoms with Crippen molar-refractivity contribution in [1.29, 1.82) is 0 Å². The third kappa shape index (κ3) is 3.24. The average Bonchev–Trinajstić information content (AvgIpc) is 2.21. The number of hydrogen-bond acceptors (Lipinski definition) is 3. The summed E-state index contributed by atoms with van der Waals surface area (Å²) < 4.78 is 5.39. The van der Waals surface area contributed by atoms with E-state index in [0.717, 1.165) is 0 Å². The van der Waals surface area contributed by atoms with Crippen LogP contribution >= 0.6 is 0 Å². The highest BCUT2D eigenvalue weighted by Gasteiger charge is 2.53. The standard InChI is InChI=1S/C14H26O4/c1-8-10(9(2)3)18-12(17)14(7,11(15)16)13(4,5)6/h9-10H,8H2,1-7H3,(H,15,16). The molecular weight excluding hydrogens is 232 g/mol. The minimum absolute atomic E-state index is 0.178. The topological polar surface area (TPSA) is 63.6 Å². The van der Waals surface area contributed by atoms with Crippen LogP contribution in [0.25, 0.3) is 0 Å². The van der Waals surface area contributed by atoms with Gasteiger partial charge in [-0.2, -0.15) is 0 Å². The Labute approximate surface area is 110 Å². The van der Waals surface area contributed by atoms with Gasteiger partial charge in [0.25, 0.3) is 0 Å². The van der Waals surface area contributed by atoms with Gasteiger partial charge in [-0.05, 0) is 24.7 Å². The molecule has 1 N–H and O–H groups in total. The first-order valence-corrected chi connectivity index (χ1v) is 6.43. The van der Waals surface area contributed by atoms with Gasteiger partial charge in [-0.3, -0.25) is 9.59 Å². The summed E-state index contributed by atoms with van der Waals surface area (Å²) in [6, 6.07) is 0. The summed E-state index contributed by atoms with van der Waals surface area (Å²) in [5.74, 6) is -1.61. The molecule has 0 aromatic heterocycles. The van der Waals surface area contributed by atoms with Crippen molar-refractivity contribution in [1.82, 2.24) is 0 Å². The Morgan fingerprint density at radius 1 is 1.17 bits per heavy atom. The van der Waals surface area contributed by atoms with Gasteiger partial charge in [0.2, 0.25) is 0 Å². The van der Waals surface area contributed by atoms with E-state index < -0.39 is 22.8 Å². The van der Waals surface area contributed by atoms with Crippen LogP contribution in [0, 0.1) is 16.7 Å². The highest BCUT2D eigenvalue weighted by molar-refractivity contribution is 5.99. The molecule has 0 fully saturated rings. The van der Waals surface area contributed by atoms with Gasteiger partial charge in [-0.25, -0.2) is 0 Å². The zero-order chi connectivity index (χ0) is 14.7. The van der Waals surface area contributed by atoms with Crippen molar-refractivity contribution in [2.24, 2.45) is 16.7 Å². The van der Waals surface area contributed by atoms with Gasteiger partial charge >= 0.3 is 11.9 Å². The summed E-state index contributed by atoms with van der Waals surface area (Å²) >= 11 is 0. The quantitative estimate of drug-likeness (QED) is 0.608. The third-order valence-electron chi connectivity index (χ3n) is 3.74. The average molecular weight is 258 g/mol. The minimum Gasteiger partial charge on any atom is -0.480 e.